The number of allylic oxidation sites excluding steroid dienone is 1. The summed E-state index contributed by atoms with van der Waals surface area (Å²) in [5.41, 5.74) is 14.3. The first kappa shape index (κ1) is 34.6. The van der Waals surface area contributed by atoms with Gasteiger partial charge < -0.3 is 4.42 Å². The summed E-state index contributed by atoms with van der Waals surface area (Å²) in [4.78, 5) is 15.1. The summed E-state index contributed by atoms with van der Waals surface area (Å²) in [7, 11) is 0. The maximum absolute atomic E-state index is 6.80. The minimum atomic E-state index is 0.626. The second kappa shape index (κ2) is 14.1. The van der Waals surface area contributed by atoms with Crippen molar-refractivity contribution < 1.29 is 4.42 Å². The number of aromatic nitrogens is 3. The SMILES string of the molecule is C1=Cc2c(c(-c3cccc4c3sc3ccccc34)cc3c2oc2cccc(-c4ccc(-c5nc(-c6ccccc6)nc(-c6cccc(-c7ccccc7)c6)n5)cc4)c23)CC1. The van der Waals surface area contributed by atoms with E-state index in [0.29, 0.717) is 17.5 Å². The molecule has 0 saturated carbocycles. The molecule has 0 spiro atoms. The highest BCUT2D eigenvalue weighted by molar-refractivity contribution is 7.26. The highest BCUT2D eigenvalue weighted by atomic mass is 32.1. The highest BCUT2D eigenvalue weighted by Crippen LogP contribution is 2.47. The third-order valence-electron chi connectivity index (χ3n) is 11.8. The fourth-order valence-corrected chi connectivity index (χ4v) is 10.2. The fourth-order valence-electron chi connectivity index (χ4n) is 8.96. The highest BCUT2D eigenvalue weighted by Gasteiger charge is 2.23. The first-order valence-electron chi connectivity index (χ1n) is 20.4. The van der Waals surface area contributed by atoms with E-state index in [-0.39, 0.29) is 0 Å². The molecule has 0 radical (unpaired) electrons. The maximum atomic E-state index is 6.80. The average Bonchev–Trinajstić information content (AvgIpc) is 3.91. The largest absolute Gasteiger partial charge is 0.455 e. The van der Waals surface area contributed by atoms with Crippen LogP contribution in [0.1, 0.15) is 17.5 Å². The minimum absolute atomic E-state index is 0.626. The van der Waals surface area contributed by atoms with Crippen molar-refractivity contribution in [3.63, 3.8) is 0 Å². The molecule has 8 aromatic carbocycles. The third kappa shape index (κ3) is 5.77. The van der Waals surface area contributed by atoms with E-state index in [4.69, 9.17) is 19.4 Å². The van der Waals surface area contributed by atoms with Gasteiger partial charge in [-0.25, -0.2) is 15.0 Å². The van der Waals surface area contributed by atoms with E-state index >= 15 is 0 Å². The van der Waals surface area contributed by atoms with Gasteiger partial charge in [0.05, 0.1) is 0 Å². The molecule has 0 unspecified atom stereocenters. The summed E-state index contributed by atoms with van der Waals surface area (Å²) in [6.07, 6.45) is 6.56. The zero-order valence-corrected chi connectivity index (χ0v) is 33.3. The number of thiophene rings is 1. The molecule has 0 amide bonds. The van der Waals surface area contributed by atoms with Crippen LogP contribution in [0.2, 0.25) is 0 Å². The molecule has 60 heavy (non-hydrogen) atoms. The van der Waals surface area contributed by atoms with Gasteiger partial charge in [0.15, 0.2) is 17.5 Å². The van der Waals surface area contributed by atoms with Crippen molar-refractivity contribution in [2.24, 2.45) is 0 Å². The molecular formula is C55H35N3OS. The molecule has 0 atom stereocenters. The van der Waals surface area contributed by atoms with E-state index < -0.39 is 0 Å². The van der Waals surface area contributed by atoms with Crippen LogP contribution < -0.4 is 0 Å². The molecular weight excluding hydrogens is 751 g/mol. The zero-order valence-electron chi connectivity index (χ0n) is 32.5. The van der Waals surface area contributed by atoms with Gasteiger partial charge in [-0.15, -0.1) is 11.3 Å². The number of nitrogens with zero attached hydrogens (tertiary/aromatic N) is 3. The predicted molar refractivity (Wildman–Crippen MR) is 250 cm³/mol. The standard InChI is InChI=1S/C55H35N3OS/c1-3-14-34(15-4-1)38-18-11-19-39(32-38)55-57-53(36-16-5-2-6-17-36)56-54(58-55)37-30-28-35(29-31-37)40-23-13-26-48-50(40)47-33-46(41-20-7-8-22-43(41)51(47)59-48)45-25-12-24-44-42-21-9-10-27-49(42)60-52(44)45/h1-6,8-19,21-33H,7,20H2. The van der Waals surface area contributed by atoms with E-state index in [1.807, 2.05) is 47.7 Å². The Kier molecular flexibility index (Phi) is 8.13. The Morgan fingerprint density at radius 1 is 0.450 bits per heavy atom. The Balaban J connectivity index is 0.991. The Morgan fingerprint density at radius 2 is 1.07 bits per heavy atom. The molecule has 1 aliphatic carbocycles. The molecule has 11 aromatic rings. The Hall–Kier alpha value is -7.47. The van der Waals surface area contributed by atoms with Crippen LogP contribution in [0, 0.1) is 0 Å². The molecule has 12 rings (SSSR count). The predicted octanol–water partition coefficient (Wildman–Crippen LogP) is 15.1. The lowest BCUT2D eigenvalue weighted by Crippen LogP contribution is -2.00. The van der Waals surface area contributed by atoms with Crippen molar-refractivity contribution >= 4 is 59.5 Å². The number of hydrogen-bond acceptors (Lipinski definition) is 5. The summed E-state index contributed by atoms with van der Waals surface area (Å²) in [6, 6.07) is 61.9. The summed E-state index contributed by atoms with van der Waals surface area (Å²) in [6.45, 7) is 0. The molecule has 282 valence electrons. The molecule has 0 aliphatic heterocycles. The summed E-state index contributed by atoms with van der Waals surface area (Å²) in [5, 5.41) is 4.89. The van der Waals surface area contributed by atoms with Gasteiger partial charge in [0.2, 0.25) is 0 Å². The first-order valence-corrected chi connectivity index (χ1v) is 21.2. The summed E-state index contributed by atoms with van der Waals surface area (Å²) < 4.78 is 9.45. The van der Waals surface area contributed by atoms with Gasteiger partial charge in [0, 0.05) is 53.2 Å². The van der Waals surface area contributed by atoms with Crippen LogP contribution in [-0.2, 0) is 6.42 Å². The van der Waals surface area contributed by atoms with Crippen LogP contribution >= 0.6 is 11.3 Å². The third-order valence-corrected chi connectivity index (χ3v) is 13.0. The van der Waals surface area contributed by atoms with Gasteiger partial charge in [-0.2, -0.15) is 0 Å². The molecule has 0 fully saturated rings. The van der Waals surface area contributed by atoms with Gasteiger partial charge in [0.1, 0.15) is 11.2 Å². The van der Waals surface area contributed by atoms with Gasteiger partial charge in [-0.05, 0) is 76.1 Å². The minimum Gasteiger partial charge on any atom is -0.455 e. The van der Waals surface area contributed by atoms with E-state index in [2.05, 4.69) is 152 Å². The molecule has 1 aliphatic rings. The molecule has 4 nitrogen and oxygen atoms in total. The van der Waals surface area contributed by atoms with Crippen LogP contribution in [0.3, 0.4) is 0 Å². The fraction of sp³-hybridized carbons (Fsp3) is 0.0364. The van der Waals surface area contributed by atoms with Crippen molar-refractivity contribution in [2.75, 3.05) is 0 Å². The quantitative estimate of drug-likeness (QED) is 0.168. The number of furan rings is 1. The second-order valence-corrected chi connectivity index (χ2v) is 16.4. The Labute approximate surface area is 350 Å². The smallest absolute Gasteiger partial charge is 0.164 e. The molecule has 0 N–H and O–H groups in total. The Morgan fingerprint density at radius 3 is 1.88 bits per heavy atom. The van der Waals surface area contributed by atoms with Crippen molar-refractivity contribution in [1.82, 2.24) is 15.0 Å². The number of fused-ring (bicyclic) bond motifs is 8. The number of hydrogen-bond donors (Lipinski definition) is 0. The molecule has 3 heterocycles. The van der Waals surface area contributed by atoms with Gasteiger partial charge in [0.25, 0.3) is 0 Å². The maximum Gasteiger partial charge on any atom is 0.164 e. The van der Waals surface area contributed by atoms with Crippen LogP contribution in [0.4, 0.5) is 0 Å². The summed E-state index contributed by atoms with van der Waals surface area (Å²) >= 11 is 1.89. The monoisotopic (exact) mass is 785 g/mol. The van der Waals surface area contributed by atoms with Gasteiger partial charge in [-0.3, -0.25) is 0 Å². The van der Waals surface area contributed by atoms with Crippen LogP contribution in [0.15, 0.2) is 186 Å². The number of rotatable bonds is 6. The number of benzene rings is 8. The lowest BCUT2D eigenvalue weighted by atomic mass is 9.86. The van der Waals surface area contributed by atoms with Crippen molar-refractivity contribution in [3.05, 3.63) is 193 Å². The van der Waals surface area contributed by atoms with Crippen LogP contribution in [0.25, 0.3) is 116 Å². The van der Waals surface area contributed by atoms with Crippen molar-refractivity contribution in [1.29, 1.82) is 0 Å². The first-order chi connectivity index (χ1) is 29.7. The second-order valence-electron chi connectivity index (χ2n) is 15.4. The van der Waals surface area contributed by atoms with Gasteiger partial charge >= 0.3 is 0 Å². The zero-order chi connectivity index (χ0) is 39.6. The van der Waals surface area contributed by atoms with E-state index in [9.17, 15) is 0 Å². The summed E-state index contributed by atoms with van der Waals surface area (Å²) in [5.74, 6) is 1.90. The normalized spacial score (nSPS) is 12.5. The lowest BCUT2D eigenvalue weighted by molar-refractivity contribution is 0.667. The topological polar surface area (TPSA) is 51.8 Å². The molecule has 3 aromatic heterocycles. The van der Waals surface area contributed by atoms with Crippen molar-refractivity contribution in [2.45, 2.75) is 12.8 Å². The van der Waals surface area contributed by atoms with Gasteiger partial charge in [-0.1, -0.05) is 164 Å². The van der Waals surface area contributed by atoms with E-state index in [1.165, 1.54) is 42.4 Å². The molecule has 0 saturated heterocycles. The average molecular weight is 786 g/mol. The van der Waals surface area contributed by atoms with Crippen molar-refractivity contribution in [3.8, 4) is 67.5 Å². The Bertz CT molecular complexity index is 3470. The molecule has 5 heteroatoms. The van der Waals surface area contributed by atoms with E-state index in [1.54, 1.807) is 0 Å². The van der Waals surface area contributed by atoms with Crippen LogP contribution in [0.5, 0.6) is 0 Å². The molecule has 0 bridgehead atoms. The lowest BCUT2D eigenvalue weighted by Gasteiger charge is -2.17. The van der Waals surface area contributed by atoms with E-state index in [0.717, 1.165) is 73.7 Å². The van der Waals surface area contributed by atoms with Crippen LogP contribution in [-0.4, -0.2) is 15.0 Å².